The number of likely N-dealkylation sites (N-methyl/N-ethyl adjacent to an activating group) is 1. The molecule has 0 bridgehead atoms. The van der Waals surface area contributed by atoms with Crippen LogP contribution in [0.5, 0.6) is 5.75 Å². The number of nitrogens with one attached hydrogen (secondary N) is 1. The van der Waals surface area contributed by atoms with Crippen LogP contribution in [-0.4, -0.2) is 82.2 Å². The number of carbonyl (C=O) groups is 1. The molecule has 2 N–H and O–H groups in total. The van der Waals surface area contributed by atoms with Crippen molar-refractivity contribution in [2.24, 2.45) is 5.92 Å². The van der Waals surface area contributed by atoms with E-state index >= 15 is 0 Å². The van der Waals surface area contributed by atoms with Crippen molar-refractivity contribution < 1.29 is 35.9 Å². The smallest absolute Gasteiger partial charge is 0.261 e. The second-order valence-corrected chi connectivity index (χ2v) is 13.1. The minimum absolute atomic E-state index is 0.0217. The van der Waals surface area contributed by atoms with Crippen molar-refractivity contribution in [3.63, 3.8) is 0 Å². The Morgan fingerprint density at radius 2 is 1.84 bits per heavy atom. The molecule has 0 aromatic heterocycles. The normalized spacial score (nSPS) is 19.9. The van der Waals surface area contributed by atoms with Gasteiger partial charge in [0, 0.05) is 30.8 Å². The third kappa shape index (κ3) is 7.18. The van der Waals surface area contributed by atoms with E-state index < -0.39 is 38.0 Å². The van der Waals surface area contributed by atoms with Gasteiger partial charge in [-0.2, -0.15) is 0 Å². The summed E-state index contributed by atoms with van der Waals surface area (Å²) in [5.74, 6) is -0.854. The molecule has 0 saturated heterocycles. The zero-order valence-corrected chi connectivity index (χ0v) is 22.7. The highest BCUT2D eigenvalue weighted by Gasteiger charge is 2.32. The van der Waals surface area contributed by atoms with Gasteiger partial charge in [0.25, 0.3) is 10.0 Å². The molecule has 10 nitrogen and oxygen atoms in total. The summed E-state index contributed by atoms with van der Waals surface area (Å²) in [6.45, 7) is 3.52. The van der Waals surface area contributed by atoms with Crippen LogP contribution < -0.4 is 9.46 Å². The number of anilines is 1. The van der Waals surface area contributed by atoms with Crippen molar-refractivity contribution in [2.75, 3.05) is 37.7 Å². The maximum absolute atomic E-state index is 13.2. The van der Waals surface area contributed by atoms with Crippen LogP contribution in [0.3, 0.4) is 0 Å². The Kier molecular flexibility index (Phi) is 8.83. The predicted octanol–water partition coefficient (Wildman–Crippen LogP) is 1.67. The van der Waals surface area contributed by atoms with Crippen molar-refractivity contribution in [3.8, 4) is 5.75 Å². The molecule has 1 amide bonds. The minimum Gasteiger partial charge on any atom is -0.488 e. The van der Waals surface area contributed by atoms with Gasteiger partial charge in [-0.15, -0.1) is 0 Å². The minimum atomic E-state index is -4.03. The molecular weight excluding hydrogens is 525 g/mol. The molecule has 2 aromatic carbocycles. The summed E-state index contributed by atoms with van der Waals surface area (Å²) in [4.78, 5) is 14.6. The van der Waals surface area contributed by atoms with Gasteiger partial charge in [0.05, 0.1) is 36.8 Å². The van der Waals surface area contributed by atoms with Crippen LogP contribution >= 0.6 is 0 Å². The molecule has 3 rings (SSSR count). The summed E-state index contributed by atoms with van der Waals surface area (Å²) in [5.41, 5.74) is 0.555. The number of hydrogen-bond donors (Lipinski definition) is 2. The molecule has 1 aliphatic rings. The molecule has 0 aliphatic carbocycles. The van der Waals surface area contributed by atoms with Crippen LogP contribution in [-0.2, 0) is 31.3 Å². The molecule has 0 spiro atoms. The zero-order chi connectivity index (χ0) is 27.5. The van der Waals surface area contributed by atoms with E-state index in [1.54, 1.807) is 6.92 Å². The van der Waals surface area contributed by atoms with Gasteiger partial charge in [-0.1, -0.05) is 6.92 Å². The highest BCUT2D eigenvalue weighted by molar-refractivity contribution is 7.92. The first-order chi connectivity index (χ1) is 17.2. The SMILES string of the molecule is C[C@H](CO)N1C[C@H](C)[C@H](CN(C)S(C)(=O)=O)Oc2ccc(NS(=O)(=O)c3ccc(F)cc3)cc2CC1=O. The fraction of sp³-hybridized carbons (Fsp3) is 0.458. The van der Waals surface area contributed by atoms with E-state index in [4.69, 9.17) is 4.74 Å². The molecule has 204 valence electrons. The number of aliphatic hydroxyl groups is 1. The number of aliphatic hydroxyl groups excluding tert-OH is 1. The number of carbonyl (C=O) groups excluding carboxylic acids is 1. The average Bonchev–Trinajstić information content (AvgIpc) is 2.86. The molecule has 1 heterocycles. The third-order valence-corrected chi connectivity index (χ3v) is 8.97. The van der Waals surface area contributed by atoms with Crippen molar-refractivity contribution in [2.45, 2.75) is 37.3 Å². The van der Waals surface area contributed by atoms with E-state index in [2.05, 4.69) is 4.72 Å². The van der Waals surface area contributed by atoms with Gasteiger partial charge in [0.2, 0.25) is 15.9 Å². The van der Waals surface area contributed by atoms with Gasteiger partial charge >= 0.3 is 0 Å². The van der Waals surface area contributed by atoms with Gasteiger partial charge in [0.15, 0.2) is 0 Å². The Hall–Kier alpha value is -2.74. The van der Waals surface area contributed by atoms with Crippen LogP contribution in [0.1, 0.15) is 19.4 Å². The molecule has 0 radical (unpaired) electrons. The van der Waals surface area contributed by atoms with E-state index in [0.29, 0.717) is 11.3 Å². The average molecular weight is 558 g/mol. The topological polar surface area (TPSA) is 133 Å². The fourth-order valence-electron chi connectivity index (χ4n) is 3.93. The van der Waals surface area contributed by atoms with Crippen LogP contribution in [0.4, 0.5) is 10.1 Å². The fourth-order valence-corrected chi connectivity index (χ4v) is 5.39. The number of hydrogen-bond acceptors (Lipinski definition) is 7. The Bertz CT molecular complexity index is 1330. The van der Waals surface area contributed by atoms with E-state index in [9.17, 15) is 31.1 Å². The number of nitrogens with zero attached hydrogens (tertiary/aromatic N) is 2. The van der Waals surface area contributed by atoms with Crippen molar-refractivity contribution in [1.29, 1.82) is 0 Å². The standard InChI is InChI=1S/C24H32FN3O7S2/c1-16-13-28(17(2)15-29)24(30)12-18-11-20(26-37(33,34)21-8-5-19(25)6-9-21)7-10-22(18)35-23(16)14-27(3)36(4,31)32/h5-11,16-17,23,26,29H,12-15H2,1-4H3/t16-,17+,23-/m0/s1. The number of ether oxygens (including phenoxy) is 1. The van der Waals surface area contributed by atoms with Gasteiger partial charge in [0.1, 0.15) is 17.7 Å². The van der Waals surface area contributed by atoms with Crippen LogP contribution in [0, 0.1) is 11.7 Å². The first-order valence-electron chi connectivity index (χ1n) is 11.6. The van der Waals surface area contributed by atoms with Crippen LogP contribution in [0.15, 0.2) is 47.4 Å². The largest absolute Gasteiger partial charge is 0.488 e. The summed E-state index contributed by atoms with van der Waals surface area (Å²) >= 11 is 0. The lowest BCUT2D eigenvalue weighted by molar-refractivity contribution is -0.134. The first kappa shape index (κ1) is 28.8. The van der Waals surface area contributed by atoms with Crippen molar-refractivity contribution >= 4 is 31.6 Å². The molecular formula is C24H32FN3O7S2. The van der Waals surface area contributed by atoms with Crippen molar-refractivity contribution in [3.05, 3.63) is 53.8 Å². The number of benzene rings is 2. The molecule has 0 saturated carbocycles. The Morgan fingerprint density at radius 1 is 1.19 bits per heavy atom. The lowest BCUT2D eigenvalue weighted by Gasteiger charge is -2.33. The quantitative estimate of drug-likeness (QED) is 0.504. The third-order valence-electron chi connectivity index (χ3n) is 6.30. The second-order valence-electron chi connectivity index (χ2n) is 9.31. The van der Waals surface area contributed by atoms with Crippen molar-refractivity contribution in [1.82, 2.24) is 9.21 Å². The van der Waals surface area contributed by atoms with Gasteiger partial charge in [-0.25, -0.2) is 25.5 Å². The lowest BCUT2D eigenvalue weighted by atomic mass is 10.0. The molecule has 13 heteroatoms. The molecule has 1 aliphatic heterocycles. The monoisotopic (exact) mass is 557 g/mol. The Labute approximate surface area is 217 Å². The van der Waals surface area contributed by atoms with Crippen LogP contribution in [0.2, 0.25) is 0 Å². The van der Waals surface area contributed by atoms with E-state index in [1.165, 1.54) is 34.5 Å². The second kappa shape index (κ2) is 11.3. The first-order valence-corrected chi connectivity index (χ1v) is 14.9. The molecule has 2 aromatic rings. The summed E-state index contributed by atoms with van der Waals surface area (Å²) in [5, 5.41) is 9.72. The summed E-state index contributed by atoms with van der Waals surface area (Å²) in [6, 6.07) is 8.33. The number of rotatable bonds is 8. The maximum atomic E-state index is 13.2. The van der Waals surface area contributed by atoms with Gasteiger partial charge < -0.3 is 14.7 Å². The van der Waals surface area contributed by atoms with Gasteiger partial charge in [-0.05, 0) is 49.4 Å². The van der Waals surface area contributed by atoms with Gasteiger partial charge in [-0.3, -0.25) is 9.52 Å². The van der Waals surface area contributed by atoms with Crippen LogP contribution in [0.25, 0.3) is 0 Å². The predicted molar refractivity (Wildman–Crippen MR) is 137 cm³/mol. The summed E-state index contributed by atoms with van der Waals surface area (Å²) in [7, 11) is -6.10. The number of fused-ring (bicyclic) bond motifs is 1. The van der Waals surface area contributed by atoms with E-state index in [0.717, 1.165) is 30.5 Å². The number of amides is 1. The molecule has 3 atom stereocenters. The number of sulfonamides is 2. The van der Waals surface area contributed by atoms with E-state index in [-0.39, 0.29) is 48.5 Å². The highest BCUT2D eigenvalue weighted by atomic mass is 32.2. The molecule has 0 unspecified atom stereocenters. The summed E-state index contributed by atoms with van der Waals surface area (Å²) in [6.07, 6.45) is 0.316. The highest BCUT2D eigenvalue weighted by Crippen LogP contribution is 2.30. The molecule has 0 fully saturated rings. The molecule has 37 heavy (non-hydrogen) atoms. The van der Waals surface area contributed by atoms with E-state index in [1.807, 2.05) is 6.92 Å². The maximum Gasteiger partial charge on any atom is 0.261 e. The Balaban J connectivity index is 1.99. The zero-order valence-electron chi connectivity index (χ0n) is 21.1. The summed E-state index contributed by atoms with van der Waals surface area (Å²) < 4.78 is 72.7. The lowest BCUT2D eigenvalue weighted by Crippen LogP contribution is -2.48. The Morgan fingerprint density at radius 3 is 2.43 bits per heavy atom. The number of halogens is 1.